The van der Waals surface area contributed by atoms with Crippen LogP contribution in [0.5, 0.6) is 0 Å². The summed E-state index contributed by atoms with van der Waals surface area (Å²) in [6.45, 7) is 0. The summed E-state index contributed by atoms with van der Waals surface area (Å²) in [5.74, 6) is 0.557. The first-order valence-electron chi connectivity index (χ1n) is 5.54. The van der Waals surface area contributed by atoms with E-state index in [9.17, 15) is 12.6 Å². The highest BCUT2D eigenvalue weighted by atomic mass is 35.5. The molecule has 1 N–H and O–H groups in total. The van der Waals surface area contributed by atoms with Gasteiger partial charge in [-0.2, -0.15) is 0 Å². The Morgan fingerprint density at radius 3 is 2.63 bits per heavy atom. The molecule has 1 rings (SSSR count). The third-order valence-corrected chi connectivity index (χ3v) is 5.85. The van der Waals surface area contributed by atoms with Gasteiger partial charge in [0.15, 0.2) is 0 Å². The van der Waals surface area contributed by atoms with Gasteiger partial charge in [0, 0.05) is 26.6 Å². The summed E-state index contributed by atoms with van der Waals surface area (Å²) in [5.41, 5.74) is 0.712. The zero-order valence-electron chi connectivity index (χ0n) is 10.4. The Morgan fingerprint density at radius 2 is 2.00 bits per heavy atom. The van der Waals surface area contributed by atoms with Crippen molar-refractivity contribution in [3.05, 3.63) is 33.8 Å². The summed E-state index contributed by atoms with van der Waals surface area (Å²) in [6.07, 6.45) is 0.341. The van der Waals surface area contributed by atoms with Gasteiger partial charge in [0.05, 0.1) is 11.5 Å². The minimum absolute atomic E-state index is 0.0292. The van der Waals surface area contributed by atoms with Gasteiger partial charge in [-0.1, -0.05) is 23.2 Å². The predicted octanol–water partition coefficient (Wildman–Crippen LogP) is 2.18. The van der Waals surface area contributed by atoms with Gasteiger partial charge >= 0.3 is 0 Å². The number of halogens is 2. The van der Waals surface area contributed by atoms with Gasteiger partial charge in [0.1, 0.15) is 0 Å². The lowest BCUT2D eigenvalue weighted by Gasteiger charge is -2.06. The molecular weight excluding hydrogens is 329 g/mol. The SMILES string of the molecule is CNS(=O)(=O)CCCS(=O)Cc1cc(Cl)ccc1Cl. The highest BCUT2D eigenvalue weighted by Gasteiger charge is 2.10. The average molecular weight is 344 g/mol. The van der Waals surface area contributed by atoms with Crippen molar-refractivity contribution in [1.82, 2.24) is 4.72 Å². The van der Waals surface area contributed by atoms with E-state index in [0.717, 1.165) is 0 Å². The second-order valence-corrected chi connectivity index (χ2v) is 8.37. The maximum absolute atomic E-state index is 11.8. The van der Waals surface area contributed by atoms with E-state index >= 15 is 0 Å². The van der Waals surface area contributed by atoms with Gasteiger partial charge in [0.25, 0.3) is 0 Å². The second kappa shape index (κ2) is 7.59. The molecule has 0 aliphatic rings. The number of hydrogen-bond acceptors (Lipinski definition) is 3. The lowest BCUT2D eigenvalue weighted by Crippen LogP contribution is -2.23. The maximum Gasteiger partial charge on any atom is 0.211 e. The van der Waals surface area contributed by atoms with Crippen LogP contribution in [0, 0.1) is 0 Å². The zero-order chi connectivity index (χ0) is 14.5. The highest BCUT2D eigenvalue weighted by molar-refractivity contribution is 7.89. The van der Waals surface area contributed by atoms with Gasteiger partial charge in [-0.05, 0) is 37.2 Å². The van der Waals surface area contributed by atoms with Gasteiger partial charge in [0.2, 0.25) is 10.0 Å². The van der Waals surface area contributed by atoms with Crippen LogP contribution in [0.25, 0.3) is 0 Å². The number of benzene rings is 1. The summed E-state index contributed by atoms with van der Waals surface area (Å²) in [4.78, 5) is 0. The van der Waals surface area contributed by atoms with Crippen LogP contribution in [0.2, 0.25) is 10.0 Å². The Bertz CT molecular complexity index is 561. The molecule has 8 heteroatoms. The number of rotatable bonds is 7. The Hall–Kier alpha value is -0.140. The Kier molecular flexibility index (Phi) is 6.76. The monoisotopic (exact) mass is 343 g/mol. The summed E-state index contributed by atoms with van der Waals surface area (Å²) in [6, 6.07) is 4.99. The number of sulfonamides is 1. The average Bonchev–Trinajstić information content (AvgIpc) is 2.33. The molecule has 0 saturated carbocycles. The van der Waals surface area contributed by atoms with Crippen molar-refractivity contribution < 1.29 is 12.6 Å². The predicted molar refractivity (Wildman–Crippen MR) is 80.6 cm³/mol. The minimum atomic E-state index is -3.23. The minimum Gasteiger partial charge on any atom is -0.259 e. The first-order chi connectivity index (χ1) is 8.84. The fourth-order valence-corrected chi connectivity index (χ4v) is 3.98. The van der Waals surface area contributed by atoms with Crippen molar-refractivity contribution in [3.63, 3.8) is 0 Å². The highest BCUT2D eigenvalue weighted by Crippen LogP contribution is 2.22. The summed E-state index contributed by atoms with van der Waals surface area (Å²) in [5, 5.41) is 1.05. The van der Waals surface area contributed by atoms with Crippen molar-refractivity contribution in [2.24, 2.45) is 0 Å². The molecule has 0 aromatic heterocycles. The van der Waals surface area contributed by atoms with E-state index in [1.807, 2.05) is 0 Å². The summed E-state index contributed by atoms with van der Waals surface area (Å²) < 4.78 is 36.4. The Morgan fingerprint density at radius 1 is 1.32 bits per heavy atom. The molecule has 0 amide bonds. The fourth-order valence-electron chi connectivity index (χ4n) is 1.41. The van der Waals surface area contributed by atoms with Gasteiger partial charge in [-0.3, -0.25) is 4.21 Å². The Labute approximate surface area is 126 Å². The molecule has 0 radical (unpaired) electrons. The molecule has 0 aliphatic heterocycles. The summed E-state index contributed by atoms with van der Waals surface area (Å²) >= 11 is 11.8. The molecule has 19 heavy (non-hydrogen) atoms. The third kappa shape index (κ3) is 6.23. The van der Waals surface area contributed by atoms with E-state index in [-0.39, 0.29) is 11.5 Å². The molecule has 0 bridgehead atoms. The standard InChI is InChI=1S/C11H15Cl2NO3S2/c1-14-19(16,17)6-2-5-18(15)8-9-7-10(12)3-4-11(9)13/h3-4,7,14H,2,5-6,8H2,1H3. The van der Waals surface area contributed by atoms with Crippen LogP contribution in [0.15, 0.2) is 18.2 Å². The van der Waals surface area contributed by atoms with Crippen LogP contribution < -0.4 is 4.72 Å². The van der Waals surface area contributed by atoms with Gasteiger partial charge in [-0.15, -0.1) is 0 Å². The van der Waals surface area contributed by atoms with E-state index in [4.69, 9.17) is 23.2 Å². The summed E-state index contributed by atoms with van der Waals surface area (Å²) in [7, 11) is -3.04. The van der Waals surface area contributed by atoms with E-state index < -0.39 is 20.8 Å². The molecule has 0 saturated heterocycles. The molecule has 1 aromatic rings. The van der Waals surface area contributed by atoms with Crippen LogP contribution >= 0.6 is 23.2 Å². The van der Waals surface area contributed by atoms with Crippen molar-refractivity contribution in [3.8, 4) is 0 Å². The smallest absolute Gasteiger partial charge is 0.211 e. The Balaban J connectivity index is 2.50. The largest absolute Gasteiger partial charge is 0.259 e. The normalized spacial score (nSPS) is 13.4. The van der Waals surface area contributed by atoms with Crippen molar-refractivity contribution in [2.75, 3.05) is 18.6 Å². The molecule has 4 nitrogen and oxygen atoms in total. The molecule has 0 heterocycles. The maximum atomic E-state index is 11.8. The molecule has 1 atom stereocenters. The molecule has 108 valence electrons. The van der Waals surface area contributed by atoms with E-state index in [0.29, 0.717) is 27.8 Å². The molecule has 0 spiro atoms. The number of hydrogen-bond donors (Lipinski definition) is 1. The fraction of sp³-hybridized carbons (Fsp3) is 0.455. The van der Waals surface area contributed by atoms with Crippen LogP contribution in [0.3, 0.4) is 0 Å². The van der Waals surface area contributed by atoms with Crippen LogP contribution in [0.1, 0.15) is 12.0 Å². The van der Waals surface area contributed by atoms with Gasteiger partial charge < -0.3 is 0 Å². The second-order valence-electron chi connectivity index (χ2n) is 3.90. The van der Waals surface area contributed by atoms with Crippen LogP contribution in [-0.2, 0) is 26.6 Å². The van der Waals surface area contributed by atoms with E-state index in [1.165, 1.54) is 7.05 Å². The first-order valence-corrected chi connectivity index (χ1v) is 9.44. The van der Waals surface area contributed by atoms with E-state index in [1.54, 1.807) is 18.2 Å². The van der Waals surface area contributed by atoms with Crippen molar-refractivity contribution in [2.45, 2.75) is 12.2 Å². The van der Waals surface area contributed by atoms with Crippen LogP contribution in [0.4, 0.5) is 0 Å². The lowest BCUT2D eigenvalue weighted by atomic mass is 10.2. The first kappa shape index (κ1) is 16.9. The van der Waals surface area contributed by atoms with Crippen molar-refractivity contribution >= 4 is 44.0 Å². The van der Waals surface area contributed by atoms with E-state index in [2.05, 4.69) is 4.72 Å². The zero-order valence-corrected chi connectivity index (χ0v) is 13.5. The quantitative estimate of drug-likeness (QED) is 0.825. The third-order valence-electron chi connectivity index (χ3n) is 2.42. The molecule has 1 aromatic carbocycles. The number of nitrogens with one attached hydrogen (secondary N) is 1. The molecule has 1 unspecified atom stereocenters. The molecule has 0 aliphatic carbocycles. The van der Waals surface area contributed by atoms with Gasteiger partial charge in [-0.25, -0.2) is 13.1 Å². The van der Waals surface area contributed by atoms with Crippen LogP contribution in [-0.4, -0.2) is 31.2 Å². The topological polar surface area (TPSA) is 63.2 Å². The van der Waals surface area contributed by atoms with Crippen molar-refractivity contribution in [1.29, 1.82) is 0 Å². The lowest BCUT2D eigenvalue weighted by molar-refractivity contribution is 0.587. The molecular formula is C11H15Cl2NO3S2. The molecule has 0 fully saturated rings.